The van der Waals surface area contributed by atoms with Crippen LogP contribution in [0.3, 0.4) is 0 Å². The van der Waals surface area contributed by atoms with Crippen molar-refractivity contribution in [2.75, 3.05) is 14.1 Å². The Morgan fingerprint density at radius 1 is 1.77 bits per heavy atom. The summed E-state index contributed by atoms with van der Waals surface area (Å²) in [7, 11) is 3.31. The van der Waals surface area contributed by atoms with Crippen molar-refractivity contribution in [1.29, 1.82) is 0 Å². The van der Waals surface area contributed by atoms with Gasteiger partial charge in [-0.05, 0) is 0 Å². The number of H-pyrrole nitrogens is 1. The Hall–Kier alpha value is -1.92. The van der Waals surface area contributed by atoms with Gasteiger partial charge in [0.2, 0.25) is 0 Å². The van der Waals surface area contributed by atoms with Crippen molar-refractivity contribution in [3.05, 3.63) is 18.2 Å². The summed E-state index contributed by atoms with van der Waals surface area (Å²) in [6.45, 7) is 0. The van der Waals surface area contributed by atoms with Gasteiger partial charge in [-0.15, -0.1) is 0 Å². The van der Waals surface area contributed by atoms with E-state index in [9.17, 15) is 4.79 Å². The second-order valence-electron chi connectivity index (χ2n) is 1.83. The van der Waals surface area contributed by atoms with Gasteiger partial charge in [-0.1, -0.05) is 5.22 Å². The van der Waals surface area contributed by atoms with Crippen molar-refractivity contribution in [2.45, 2.75) is 0 Å². The van der Waals surface area contributed by atoms with Crippen LogP contribution in [0.5, 0.6) is 0 Å². The highest BCUT2D eigenvalue weighted by Crippen LogP contribution is 1.82. The van der Waals surface area contributed by atoms with E-state index < -0.39 is 5.91 Å². The molecular formula is C6H12N6O. The molecule has 0 saturated carbocycles. The van der Waals surface area contributed by atoms with Crippen molar-refractivity contribution in [3.8, 4) is 0 Å². The molecule has 0 atom stereocenters. The molecule has 0 radical (unpaired) electrons. The van der Waals surface area contributed by atoms with Gasteiger partial charge >= 0.3 is 0 Å². The number of aromatic nitrogens is 2. The number of amides is 1. The Morgan fingerprint density at radius 2 is 2.46 bits per heavy atom. The van der Waals surface area contributed by atoms with E-state index >= 15 is 0 Å². The Balaban J connectivity index is 0.000000252. The average Bonchev–Trinajstić information content (AvgIpc) is 2.58. The molecule has 0 unspecified atom stereocenters. The van der Waals surface area contributed by atoms with Crippen molar-refractivity contribution in [2.24, 2.45) is 16.1 Å². The maximum Gasteiger partial charge on any atom is 0.284 e. The minimum atomic E-state index is -0.532. The summed E-state index contributed by atoms with van der Waals surface area (Å²) < 4.78 is 0. The van der Waals surface area contributed by atoms with Crippen LogP contribution in [0.1, 0.15) is 10.6 Å². The molecule has 7 heteroatoms. The standard InChI is InChI=1S/C4H5N3O.C2H7N3/c5-3(8)4-6-1-2-7-4;1-3-5-4-2/h1-2H,(H2,5,8)(H,6,7);1-2H3,(H,3,4). The number of carbonyl (C=O) groups excluding carboxylic acids is 1. The minimum absolute atomic E-state index is 0.199. The van der Waals surface area contributed by atoms with E-state index in [0.717, 1.165) is 0 Å². The first-order chi connectivity index (χ1) is 6.22. The quantitative estimate of drug-likeness (QED) is 0.434. The number of nitrogens with one attached hydrogen (secondary N) is 2. The van der Waals surface area contributed by atoms with Gasteiger partial charge in [-0.3, -0.25) is 10.2 Å². The molecule has 72 valence electrons. The van der Waals surface area contributed by atoms with Gasteiger partial charge in [0, 0.05) is 19.4 Å². The Bertz CT molecular complexity index is 254. The van der Waals surface area contributed by atoms with Crippen LogP contribution in [-0.2, 0) is 0 Å². The molecule has 0 saturated heterocycles. The van der Waals surface area contributed by atoms with Crippen molar-refractivity contribution in [1.82, 2.24) is 15.4 Å². The predicted molar refractivity (Wildman–Crippen MR) is 46.9 cm³/mol. The van der Waals surface area contributed by atoms with Gasteiger partial charge in [0.05, 0.1) is 7.05 Å². The lowest BCUT2D eigenvalue weighted by Gasteiger charge is -1.80. The normalized spacial score (nSPS) is 9.08. The second kappa shape index (κ2) is 6.77. The molecule has 1 amide bonds. The molecule has 0 aliphatic carbocycles. The third-order valence-corrected chi connectivity index (χ3v) is 0.932. The topological polar surface area (TPSA) is 109 Å². The maximum absolute atomic E-state index is 10.2. The molecule has 0 bridgehead atoms. The highest BCUT2D eigenvalue weighted by atomic mass is 16.1. The number of nitrogens with two attached hydrogens (primary N) is 1. The highest BCUT2D eigenvalue weighted by Gasteiger charge is 1.97. The van der Waals surface area contributed by atoms with Crippen molar-refractivity contribution < 1.29 is 4.79 Å². The van der Waals surface area contributed by atoms with E-state index in [1.165, 1.54) is 6.20 Å². The highest BCUT2D eigenvalue weighted by molar-refractivity contribution is 5.88. The lowest BCUT2D eigenvalue weighted by atomic mass is 10.6. The Labute approximate surface area is 75.4 Å². The molecule has 0 aliphatic rings. The Morgan fingerprint density at radius 3 is 2.62 bits per heavy atom. The van der Waals surface area contributed by atoms with Crippen LogP contribution in [0.15, 0.2) is 22.7 Å². The van der Waals surface area contributed by atoms with Crippen LogP contribution in [0.25, 0.3) is 0 Å². The van der Waals surface area contributed by atoms with Crippen LogP contribution in [0, 0.1) is 0 Å². The number of rotatable bonds is 2. The zero-order valence-electron chi connectivity index (χ0n) is 7.48. The summed E-state index contributed by atoms with van der Waals surface area (Å²) in [6, 6.07) is 0. The lowest BCUT2D eigenvalue weighted by Crippen LogP contribution is -2.12. The third kappa shape index (κ3) is 5.36. The molecule has 1 rings (SSSR count). The fraction of sp³-hybridized carbons (Fsp3) is 0.333. The molecule has 13 heavy (non-hydrogen) atoms. The molecule has 4 N–H and O–H groups in total. The van der Waals surface area contributed by atoms with Gasteiger partial charge in [0.1, 0.15) is 0 Å². The smallest absolute Gasteiger partial charge is 0.284 e. The van der Waals surface area contributed by atoms with Crippen molar-refractivity contribution >= 4 is 5.91 Å². The van der Waals surface area contributed by atoms with Crippen LogP contribution in [0.2, 0.25) is 0 Å². The summed E-state index contributed by atoms with van der Waals surface area (Å²) in [6.07, 6.45) is 3.01. The molecule has 0 fully saturated rings. The van der Waals surface area contributed by atoms with Gasteiger partial charge in [-0.25, -0.2) is 4.98 Å². The summed E-state index contributed by atoms with van der Waals surface area (Å²) in [5.74, 6) is -0.333. The third-order valence-electron chi connectivity index (χ3n) is 0.932. The monoisotopic (exact) mass is 184 g/mol. The molecule has 1 aromatic rings. The zero-order chi connectivity index (χ0) is 10.1. The fourth-order valence-corrected chi connectivity index (χ4v) is 0.500. The Kier molecular flexibility index (Phi) is 5.77. The molecule has 1 heterocycles. The first-order valence-electron chi connectivity index (χ1n) is 3.47. The summed E-state index contributed by atoms with van der Waals surface area (Å²) in [4.78, 5) is 16.3. The number of nitrogens with zero attached hydrogens (tertiary/aromatic N) is 3. The number of aromatic amines is 1. The zero-order valence-corrected chi connectivity index (χ0v) is 7.48. The first-order valence-corrected chi connectivity index (χ1v) is 3.47. The fourth-order valence-electron chi connectivity index (χ4n) is 0.500. The summed E-state index contributed by atoms with van der Waals surface area (Å²) >= 11 is 0. The van der Waals surface area contributed by atoms with E-state index in [1.54, 1.807) is 20.3 Å². The molecule has 7 nitrogen and oxygen atoms in total. The van der Waals surface area contributed by atoms with Crippen LogP contribution in [0.4, 0.5) is 0 Å². The van der Waals surface area contributed by atoms with E-state index in [-0.39, 0.29) is 5.82 Å². The molecule has 0 aromatic carbocycles. The van der Waals surface area contributed by atoms with Crippen LogP contribution >= 0.6 is 0 Å². The van der Waals surface area contributed by atoms with E-state index in [2.05, 4.69) is 25.7 Å². The molecule has 0 aliphatic heterocycles. The van der Waals surface area contributed by atoms with E-state index in [1.807, 2.05) is 0 Å². The average molecular weight is 184 g/mol. The van der Waals surface area contributed by atoms with Crippen LogP contribution in [-0.4, -0.2) is 30.0 Å². The van der Waals surface area contributed by atoms with Gasteiger partial charge in [0.15, 0.2) is 5.82 Å². The molecule has 1 aromatic heterocycles. The van der Waals surface area contributed by atoms with Crippen molar-refractivity contribution in [3.63, 3.8) is 0 Å². The summed E-state index contributed by atoms with van der Waals surface area (Å²) in [5.41, 5.74) is 7.30. The maximum atomic E-state index is 10.2. The molecule has 0 spiro atoms. The van der Waals surface area contributed by atoms with E-state index in [0.29, 0.717) is 0 Å². The van der Waals surface area contributed by atoms with Crippen LogP contribution < -0.4 is 11.2 Å². The first kappa shape index (κ1) is 11.1. The van der Waals surface area contributed by atoms with Gasteiger partial charge in [-0.2, -0.15) is 5.11 Å². The van der Waals surface area contributed by atoms with Gasteiger partial charge in [0.25, 0.3) is 5.91 Å². The predicted octanol–water partition coefficient (Wildman–Crippen LogP) is -0.289. The van der Waals surface area contributed by atoms with Gasteiger partial charge < -0.3 is 10.7 Å². The summed E-state index contributed by atoms with van der Waals surface area (Å²) in [5, 5.41) is 6.72. The number of carbonyl (C=O) groups is 1. The van der Waals surface area contributed by atoms with E-state index in [4.69, 9.17) is 5.73 Å². The number of primary amides is 1. The minimum Gasteiger partial charge on any atom is -0.363 e. The number of hydrogen-bond donors (Lipinski definition) is 3. The second-order valence-corrected chi connectivity index (χ2v) is 1.83. The largest absolute Gasteiger partial charge is 0.363 e. The number of hydrogen-bond acceptors (Lipinski definition) is 4. The lowest BCUT2D eigenvalue weighted by molar-refractivity contribution is 0.0991. The number of imidazole rings is 1. The molecular weight excluding hydrogens is 172 g/mol. The SMILES string of the molecule is CN=NNC.NC(=O)c1ncc[nH]1.